The molecule has 0 atom stereocenters. The van der Waals surface area contributed by atoms with Gasteiger partial charge in [0, 0.05) is 17.7 Å². The summed E-state index contributed by atoms with van der Waals surface area (Å²) in [4.78, 5) is 24.9. The fourth-order valence-corrected chi connectivity index (χ4v) is 6.79. The van der Waals surface area contributed by atoms with Gasteiger partial charge in [0.2, 0.25) is 0 Å². The molecule has 1 amide bonds. The lowest BCUT2D eigenvalue weighted by atomic mass is 9.48. The van der Waals surface area contributed by atoms with Crippen LogP contribution in [0.1, 0.15) is 71.7 Å². The highest BCUT2D eigenvalue weighted by molar-refractivity contribution is 5.94. The van der Waals surface area contributed by atoms with Crippen LogP contribution in [0.25, 0.3) is 0 Å². The molecule has 0 spiro atoms. The Kier molecular flexibility index (Phi) is 5.44. The molecule has 4 bridgehead atoms. The van der Waals surface area contributed by atoms with Gasteiger partial charge in [-0.1, -0.05) is 0 Å². The maximum Gasteiger partial charge on any atom is 0.343 e. The minimum atomic E-state index is -0.385. The van der Waals surface area contributed by atoms with Gasteiger partial charge in [0.05, 0.1) is 12.7 Å². The Hall–Kier alpha value is -2.82. The fraction of sp³-hybridized carbons (Fsp3) is 0.481. The van der Waals surface area contributed by atoms with E-state index in [4.69, 9.17) is 9.47 Å². The van der Waals surface area contributed by atoms with Gasteiger partial charge in [0.15, 0.2) is 0 Å². The predicted octanol–water partition coefficient (Wildman–Crippen LogP) is 5.13. The van der Waals surface area contributed by atoms with Gasteiger partial charge in [0.1, 0.15) is 11.5 Å². The molecule has 168 valence electrons. The van der Waals surface area contributed by atoms with Gasteiger partial charge in [-0.25, -0.2) is 4.79 Å². The first-order chi connectivity index (χ1) is 15.5. The Labute approximate surface area is 189 Å². The van der Waals surface area contributed by atoms with E-state index < -0.39 is 0 Å². The lowest BCUT2D eigenvalue weighted by molar-refractivity contribution is -0.00618. The van der Waals surface area contributed by atoms with Crippen molar-refractivity contribution in [3.8, 4) is 11.5 Å². The Balaban J connectivity index is 1.38. The summed E-state index contributed by atoms with van der Waals surface area (Å²) in [5.74, 6) is 3.22. The van der Waals surface area contributed by atoms with Crippen molar-refractivity contribution in [2.75, 3.05) is 13.7 Å². The molecule has 0 aliphatic heterocycles. The van der Waals surface area contributed by atoms with E-state index in [-0.39, 0.29) is 17.3 Å². The summed E-state index contributed by atoms with van der Waals surface area (Å²) in [7, 11) is 1.72. The van der Waals surface area contributed by atoms with Crippen molar-refractivity contribution in [1.82, 2.24) is 5.32 Å². The molecule has 5 nitrogen and oxygen atoms in total. The van der Waals surface area contributed by atoms with Crippen molar-refractivity contribution in [1.29, 1.82) is 0 Å². The molecule has 0 radical (unpaired) electrons. The summed E-state index contributed by atoms with van der Waals surface area (Å²) < 4.78 is 11.4. The largest absolute Gasteiger partial charge is 0.496 e. The average molecular weight is 434 g/mol. The molecule has 2 aromatic carbocycles. The van der Waals surface area contributed by atoms with Crippen LogP contribution in [0.3, 0.4) is 0 Å². The van der Waals surface area contributed by atoms with E-state index in [1.54, 1.807) is 37.4 Å². The summed E-state index contributed by atoms with van der Waals surface area (Å²) in [5.41, 5.74) is 2.40. The van der Waals surface area contributed by atoms with E-state index in [0.29, 0.717) is 23.4 Å². The second-order valence-corrected chi connectivity index (χ2v) is 9.89. The Morgan fingerprint density at radius 1 is 0.938 bits per heavy atom. The molecule has 4 aliphatic carbocycles. The standard InChI is InChI=1S/C27H31NO4/c1-3-28-25(29)20-4-7-22(8-5-20)32-26(30)21-6-9-24(31-2)23(13-21)27-14-17-10-18(15-27)12-19(11-17)16-27/h4-9,13,17-19H,3,10-12,14-16H2,1-2H3,(H,28,29). The molecule has 4 saturated carbocycles. The van der Waals surface area contributed by atoms with Crippen molar-refractivity contribution in [2.45, 2.75) is 50.9 Å². The Morgan fingerprint density at radius 3 is 2.09 bits per heavy atom. The lowest BCUT2D eigenvalue weighted by Gasteiger charge is -2.57. The number of hydrogen-bond acceptors (Lipinski definition) is 4. The van der Waals surface area contributed by atoms with Crippen molar-refractivity contribution in [3.63, 3.8) is 0 Å². The van der Waals surface area contributed by atoms with Crippen molar-refractivity contribution < 1.29 is 19.1 Å². The monoisotopic (exact) mass is 433 g/mol. The zero-order chi connectivity index (χ0) is 22.3. The normalized spacial score (nSPS) is 27.8. The number of hydrogen-bond donors (Lipinski definition) is 1. The van der Waals surface area contributed by atoms with Crippen molar-refractivity contribution in [3.05, 3.63) is 59.2 Å². The molecule has 0 unspecified atom stereocenters. The van der Waals surface area contributed by atoms with Gasteiger partial charge in [-0.05, 0) is 111 Å². The highest BCUT2D eigenvalue weighted by atomic mass is 16.5. The summed E-state index contributed by atoms with van der Waals surface area (Å²) in [6.07, 6.45) is 7.72. The summed E-state index contributed by atoms with van der Waals surface area (Å²) >= 11 is 0. The number of methoxy groups -OCH3 is 1. The summed E-state index contributed by atoms with van der Waals surface area (Å²) in [6.45, 7) is 2.44. The van der Waals surface area contributed by atoms with E-state index in [1.165, 1.54) is 44.1 Å². The quantitative estimate of drug-likeness (QED) is 0.507. The van der Waals surface area contributed by atoms with Crippen LogP contribution in [0, 0.1) is 17.8 Å². The van der Waals surface area contributed by atoms with Gasteiger partial charge >= 0.3 is 5.97 Å². The number of benzene rings is 2. The minimum Gasteiger partial charge on any atom is -0.496 e. The molecule has 0 aromatic heterocycles. The van der Waals surface area contributed by atoms with Crippen LogP contribution in [0.15, 0.2) is 42.5 Å². The first kappa shape index (κ1) is 21.0. The van der Waals surface area contributed by atoms with E-state index in [2.05, 4.69) is 5.32 Å². The van der Waals surface area contributed by atoms with E-state index in [9.17, 15) is 9.59 Å². The van der Waals surface area contributed by atoms with Gasteiger partial charge in [-0.2, -0.15) is 0 Å². The van der Waals surface area contributed by atoms with Crippen molar-refractivity contribution >= 4 is 11.9 Å². The topological polar surface area (TPSA) is 64.6 Å². The molecule has 0 heterocycles. The predicted molar refractivity (Wildman–Crippen MR) is 122 cm³/mol. The van der Waals surface area contributed by atoms with Gasteiger partial charge in [-0.3, -0.25) is 4.79 Å². The van der Waals surface area contributed by atoms with Crippen LogP contribution < -0.4 is 14.8 Å². The molecule has 0 saturated heterocycles. The number of rotatable bonds is 6. The highest BCUT2D eigenvalue weighted by Crippen LogP contribution is 2.61. The number of nitrogens with one attached hydrogen (secondary N) is 1. The van der Waals surface area contributed by atoms with E-state index in [1.807, 2.05) is 19.1 Å². The number of amides is 1. The molecule has 6 rings (SSSR count). The average Bonchev–Trinajstić information content (AvgIpc) is 2.78. The van der Waals surface area contributed by atoms with Gasteiger partial charge < -0.3 is 14.8 Å². The first-order valence-corrected chi connectivity index (χ1v) is 11.8. The van der Waals surface area contributed by atoms with Crippen LogP contribution in [0.2, 0.25) is 0 Å². The van der Waals surface area contributed by atoms with Gasteiger partial charge in [0.25, 0.3) is 5.91 Å². The maximum absolute atomic E-state index is 13.0. The third-order valence-electron chi connectivity index (χ3n) is 7.71. The summed E-state index contributed by atoms with van der Waals surface area (Å²) in [6, 6.07) is 12.4. The molecule has 32 heavy (non-hydrogen) atoms. The minimum absolute atomic E-state index is 0.130. The molecule has 5 heteroatoms. The number of carbonyl (C=O) groups is 2. The molecular weight excluding hydrogens is 402 g/mol. The number of esters is 1. The van der Waals surface area contributed by atoms with E-state index in [0.717, 1.165) is 23.5 Å². The maximum atomic E-state index is 13.0. The second kappa shape index (κ2) is 8.27. The molecule has 2 aromatic rings. The van der Waals surface area contributed by atoms with Crippen LogP contribution >= 0.6 is 0 Å². The lowest BCUT2D eigenvalue weighted by Crippen LogP contribution is -2.48. The smallest absolute Gasteiger partial charge is 0.343 e. The number of ether oxygens (including phenoxy) is 2. The molecular formula is C27H31NO4. The van der Waals surface area contributed by atoms with Crippen LogP contribution in [-0.4, -0.2) is 25.5 Å². The van der Waals surface area contributed by atoms with Crippen LogP contribution in [0.4, 0.5) is 0 Å². The van der Waals surface area contributed by atoms with Crippen LogP contribution in [-0.2, 0) is 5.41 Å². The van der Waals surface area contributed by atoms with E-state index >= 15 is 0 Å². The Morgan fingerprint density at radius 2 is 1.53 bits per heavy atom. The van der Waals surface area contributed by atoms with Crippen LogP contribution in [0.5, 0.6) is 11.5 Å². The third-order valence-corrected chi connectivity index (χ3v) is 7.71. The Bertz CT molecular complexity index is 991. The third kappa shape index (κ3) is 3.78. The zero-order valence-corrected chi connectivity index (χ0v) is 18.9. The zero-order valence-electron chi connectivity index (χ0n) is 18.9. The second-order valence-electron chi connectivity index (χ2n) is 9.89. The molecule has 1 N–H and O–H groups in total. The highest BCUT2D eigenvalue weighted by Gasteiger charge is 2.52. The SMILES string of the molecule is CCNC(=O)c1ccc(OC(=O)c2ccc(OC)c(C34CC5CC(CC(C5)C3)C4)c2)cc1. The van der Waals surface area contributed by atoms with Crippen molar-refractivity contribution in [2.24, 2.45) is 17.8 Å². The first-order valence-electron chi connectivity index (χ1n) is 11.8. The van der Waals surface area contributed by atoms with Gasteiger partial charge in [-0.15, -0.1) is 0 Å². The summed E-state index contributed by atoms with van der Waals surface area (Å²) in [5, 5.41) is 2.76. The fourth-order valence-electron chi connectivity index (χ4n) is 6.79. The molecule has 4 aliphatic rings. The molecule has 4 fully saturated rings. The number of carbonyl (C=O) groups excluding carboxylic acids is 2.